The number of carbonyl (C=O) groups is 2. The van der Waals surface area contributed by atoms with Crippen molar-refractivity contribution in [1.82, 2.24) is 5.32 Å². The van der Waals surface area contributed by atoms with Gasteiger partial charge in [-0.1, -0.05) is 35.9 Å². The molecule has 7 heteroatoms. The standard InChI is InChI=1S/C22H23NO4S2/c1-15-7-9-16(10-8-15)29-12-11-23-20(24)13-26-22(25)21-18(14-28-2)17-5-3-4-6-19(17)27-21/h3-10H,11-14H2,1-2H3,(H,23,24). The Labute approximate surface area is 178 Å². The minimum absolute atomic E-state index is 0.170. The van der Waals surface area contributed by atoms with E-state index in [1.165, 1.54) is 5.56 Å². The van der Waals surface area contributed by atoms with Crippen molar-refractivity contribution >= 4 is 46.4 Å². The van der Waals surface area contributed by atoms with Gasteiger partial charge in [0, 0.05) is 33.9 Å². The largest absolute Gasteiger partial charge is 0.450 e. The lowest BCUT2D eigenvalue weighted by molar-refractivity contribution is -0.124. The van der Waals surface area contributed by atoms with E-state index in [9.17, 15) is 9.59 Å². The number of nitrogens with one attached hydrogen (secondary N) is 1. The number of amides is 1. The van der Waals surface area contributed by atoms with Gasteiger partial charge in [0.1, 0.15) is 5.58 Å². The van der Waals surface area contributed by atoms with Crippen LogP contribution < -0.4 is 5.32 Å². The van der Waals surface area contributed by atoms with Gasteiger partial charge in [-0.2, -0.15) is 11.8 Å². The molecule has 0 unspecified atom stereocenters. The first-order chi connectivity index (χ1) is 14.1. The van der Waals surface area contributed by atoms with Crippen LogP contribution in [0.1, 0.15) is 21.7 Å². The predicted octanol–water partition coefficient (Wildman–Crippen LogP) is 4.67. The van der Waals surface area contributed by atoms with E-state index in [0.717, 1.165) is 21.6 Å². The molecule has 0 aliphatic carbocycles. The molecule has 0 aliphatic rings. The number of thioether (sulfide) groups is 2. The fourth-order valence-electron chi connectivity index (χ4n) is 2.79. The van der Waals surface area contributed by atoms with E-state index in [1.807, 2.05) is 37.4 Å². The molecule has 0 fully saturated rings. The number of hydrogen-bond acceptors (Lipinski definition) is 6. The average molecular weight is 430 g/mol. The van der Waals surface area contributed by atoms with Crippen molar-refractivity contribution < 1.29 is 18.7 Å². The van der Waals surface area contributed by atoms with Crippen LogP contribution in [0.2, 0.25) is 0 Å². The number of furan rings is 1. The minimum Gasteiger partial charge on any atom is -0.450 e. The average Bonchev–Trinajstić information content (AvgIpc) is 3.10. The molecule has 0 bridgehead atoms. The number of para-hydroxylation sites is 1. The zero-order chi connectivity index (χ0) is 20.6. The number of aryl methyl sites for hydroxylation is 1. The van der Waals surface area contributed by atoms with E-state index >= 15 is 0 Å². The highest BCUT2D eigenvalue weighted by Gasteiger charge is 2.22. The van der Waals surface area contributed by atoms with Gasteiger partial charge in [0.05, 0.1) is 0 Å². The zero-order valence-corrected chi connectivity index (χ0v) is 18.0. The molecular weight excluding hydrogens is 406 g/mol. The Balaban J connectivity index is 1.47. The molecule has 1 heterocycles. The van der Waals surface area contributed by atoms with E-state index in [1.54, 1.807) is 23.5 Å². The summed E-state index contributed by atoms with van der Waals surface area (Å²) in [6.45, 7) is 2.21. The van der Waals surface area contributed by atoms with E-state index in [2.05, 4.69) is 29.6 Å². The molecule has 152 valence electrons. The van der Waals surface area contributed by atoms with E-state index < -0.39 is 5.97 Å². The highest BCUT2D eigenvalue weighted by Crippen LogP contribution is 2.29. The van der Waals surface area contributed by atoms with Crippen LogP contribution in [0.5, 0.6) is 0 Å². The lowest BCUT2D eigenvalue weighted by atomic mass is 10.1. The van der Waals surface area contributed by atoms with Crippen molar-refractivity contribution in [2.75, 3.05) is 25.2 Å². The number of rotatable bonds is 9. The maximum atomic E-state index is 12.4. The first kappa shape index (κ1) is 21.3. The summed E-state index contributed by atoms with van der Waals surface area (Å²) in [7, 11) is 0. The van der Waals surface area contributed by atoms with Gasteiger partial charge in [-0.25, -0.2) is 4.79 Å². The third-order valence-electron chi connectivity index (χ3n) is 4.22. The normalized spacial score (nSPS) is 10.8. The molecule has 1 aromatic heterocycles. The third-order valence-corrected chi connectivity index (χ3v) is 5.81. The Morgan fingerprint density at radius 2 is 1.86 bits per heavy atom. The second kappa shape index (κ2) is 10.4. The first-order valence-electron chi connectivity index (χ1n) is 9.21. The SMILES string of the molecule is CSCc1c(C(=O)OCC(=O)NCCSc2ccc(C)cc2)oc2ccccc12. The number of ether oxygens (including phenoxy) is 1. The lowest BCUT2D eigenvalue weighted by Crippen LogP contribution is -2.30. The molecule has 1 N–H and O–H groups in total. The topological polar surface area (TPSA) is 68.5 Å². The number of hydrogen-bond donors (Lipinski definition) is 1. The predicted molar refractivity (Wildman–Crippen MR) is 119 cm³/mol. The molecule has 0 spiro atoms. The second-order valence-corrected chi connectivity index (χ2v) is 8.46. The summed E-state index contributed by atoms with van der Waals surface area (Å²) < 4.78 is 10.9. The number of fused-ring (bicyclic) bond motifs is 1. The van der Waals surface area contributed by atoms with Gasteiger partial charge in [-0.15, -0.1) is 11.8 Å². The third kappa shape index (κ3) is 5.81. The van der Waals surface area contributed by atoms with Gasteiger partial charge in [0.2, 0.25) is 5.76 Å². The molecule has 3 aromatic rings. The quantitative estimate of drug-likeness (QED) is 0.303. The molecule has 2 aromatic carbocycles. The summed E-state index contributed by atoms with van der Waals surface area (Å²) in [4.78, 5) is 25.6. The maximum absolute atomic E-state index is 12.4. The number of esters is 1. The van der Waals surface area contributed by atoms with Gasteiger partial charge in [0.15, 0.2) is 6.61 Å². The Morgan fingerprint density at radius 3 is 2.62 bits per heavy atom. The van der Waals surface area contributed by atoms with Crippen LogP contribution in [-0.2, 0) is 15.3 Å². The number of carbonyl (C=O) groups excluding carboxylic acids is 2. The Kier molecular flexibility index (Phi) is 7.66. The van der Waals surface area contributed by atoms with Crippen molar-refractivity contribution in [2.24, 2.45) is 0 Å². The van der Waals surface area contributed by atoms with Crippen LogP contribution in [-0.4, -0.2) is 37.0 Å². The van der Waals surface area contributed by atoms with E-state index in [-0.39, 0.29) is 18.3 Å². The first-order valence-corrected chi connectivity index (χ1v) is 11.6. The fraction of sp³-hybridized carbons (Fsp3) is 0.273. The Morgan fingerprint density at radius 1 is 1.10 bits per heavy atom. The lowest BCUT2D eigenvalue weighted by Gasteiger charge is -2.07. The monoisotopic (exact) mass is 429 g/mol. The van der Waals surface area contributed by atoms with Crippen LogP contribution in [0.4, 0.5) is 0 Å². The molecular formula is C22H23NO4S2. The highest BCUT2D eigenvalue weighted by molar-refractivity contribution is 7.99. The second-order valence-electron chi connectivity index (χ2n) is 6.43. The summed E-state index contributed by atoms with van der Waals surface area (Å²) in [6, 6.07) is 15.7. The molecule has 3 rings (SSSR count). The molecule has 1 amide bonds. The molecule has 0 atom stereocenters. The summed E-state index contributed by atoms with van der Waals surface area (Å²) in [6.07, 6.45) is 1.96. The van der Waals surface area contributed by atoms with Gasteiger partial charge in [0.25, 0.3) is 5.91 Å². The molecule has 29 heavy (non-hydrogen) atoms. The Bertz CT molecular complexity index is 982. The maximum Gasteiger partial charge on any atom is 0.375 e. The van der Waals surface area contributed by atoms with Crippen LogP contribution in [0.15, 0.2) is 57.8 Å². The van der Waals surface area contributed by atoms with Gasteiger partial charge >= 0.3 is 5.97 Å². The van der Waals surface area contributed by atoms with E-state index in [4.69, 9.17) is 9.15 Å². The summed E-state index contributed by atoms with van der Waals surface area (Å²) in [5, 5.41) is 3.66. The van der Waals surface area contributed by atoms with Crippen LogP contribution in [0.25, 0.3) is 11.0 Å². The van der Waals surface area contributed by atoms with Crippen molar-refractivity contribution in [2.45, 2.75) is 17.6 Å². The Hall–Kier alpha value is -2.38. The molecule has 0 saturated heterocycles. The highest BCUT2D eigenvalue weighted by atomic mass is 32.2. The summed E-state index contributed by atoms with van der Waals surface area (Å²) in [5.41, 5.74) is 2.66. The van der Waals surface area contributed by atoms with Crippen LogP contribution in [0, 0.1) is 6.92 Å². The van der Waals surface area contributed by atoms with Gasteiger partial charge < -0.3 is 14.5 Å². The molecule has 5 nitrogen and oxygen atoms in total. The number of benzene rings is 2. The van der Waals surface area contributed by atoms with Crippen molar-refractivity contribution in [1.29, 1.82) is 0 Å². The van der Waals surface area contributed by atoms with Crippen LogP contribution >= 0.6 is 23.5 Å². The molecule has 0 radical (unpaired) electrons. The van der Waals surface area contributed by atoms with Crippen molar-refractivity contribution in [3.8, 4) is 0 Å². The van der Waals surface area contributed by atoms with Gasteiger partial charge in [-0.3, -0.25) is 4.79 Å². The smallest absolute Gasteiger partial charge is 0.375 e. The van der Waals surface area contributed by atoms with Crippen molar-refractivity contribution in [3.63, 3.8) is 0 Å². The van der Waals surface area contributed by atoms with Crippen molar-refractivity contribution in [3.05, 3.63) is 65.4 Å². The molecule has 0 saturated carbocycles. The summed E-state index contributed by atoms with van der Waals surface area (Å²) >= 11 is 3.26. The van der Waals surface area contributed by atoms with E-state index in [0.29, 0.717) is 17.9 Å². The minimum atomic E-state index is -0.616. The summed E-state index contributed by atoms with van der Waals surface area (Å²) in [5.74, 6) is 0.594. The van der Waals surface area contributed by atoms with Gasteiger partial charge in [-0.05, 0) is 31.4 Å². The zero-order valence-electron chi connectivity index (χ0n) is 16.4. The van der Waals surface area contributed by atoms with Crippen LogP contribution in [0.3, 0.4) is 0 Å². The fourth-order valence-corrected chi connectivity index (χ4v) is 4.14. The molecule has 0 aliphatic heterocycles.